The molecule has 1 atom stereocenters. The van der Waals surface area contributed by atoms with Crippen molar-refractivity contribution in [1.82, 2.24) is 19.3 Å². The van der Waals surface area contributed by atoms with Crippen LogP contribution in [-0.2, 0) is 13.5 Å². The Labute approximate surface area is 113 Å². The summed E-state index contributed by atoms with van der Waals surface area (Å²) in [7, 11) is 1.89. The van der Waals surface area contributed by atoms with E-state index in [-0.39, 0.29) is 0 Å². The normalized spacial score (nSPS) is 13.1. The zero-order valence-corrected chi connectivity index (χ0v) is 11.8. The highest BCUT2D eigenvalue weighted by atomic mass is 16.3. The Bertz CT molecular complexity index is 513. The molecule has 2 aromatic rings. The predicted octanol–water partition coefficient (Wildman–Crippen LogP) is 2.25. The van der Waals surface area contributed by atoms with Gasteiger partial charge in [-0.2, -0.15) is 5.10 Å². The Balaban J connectivity index is 2.03. The summed E-state index contributed by atoms with van der Waals surface area (Å²) in [6.45, 7) is 4.33. The van der Waals surface area contributed by atoms with Crippen molar-refractivity contribution < 1.29 is 5.11 Å². The van der Waals surface area contributed by atoms with Gasteiger partial charge in [0, 0.05) is 25.9 Å². The van der Waals surface area contributed by atoms with E-state index in [1.54, 1.807) is 6.33 Å². The van der Waals surface area contributed by atoms with Crippen LogP contribution in [0.1, 0.15) is 50.2 Å². The number of aliphatic hydroxyl groups excluding tert-OH is 1. The second-order valence-corrected chi connectivity index (χ2v) is 4.94. The van der Waals surface area contributed by atoms with E-state index in [1.165, 1.54) is 0 Å². The molecule has 0 radical (unpaired) electrons. The van der Waals surface area contributed by atoms with E-state index in [2.05, 4.69) is 23.9 Å². The number of rotatable bonds is 6. The predicted molar refractivity (Wildman–Crippen MR) is 73.7 cm³/mol. The molecule has 0 bridgehead atoms. The second-order valence-electron chi connectivity index (χ2n) is 4.94. The Morgan fingerprint density at radius 3 is 2.63 bits per heavy atom. The average Bonchev–Trinajstić information content (AvgIpc) is 3.00. The van der Waals surface area contributed by atoms with Crippen LogP contribution in [0.4, 0.5) is 0 Å². The van der Waals surface area contributed by atoms with Gasteiger partial charge in [0.05, 0.1) is 23.8 Å². The SMILES string of the molecule is CCC(CC)n1ccc(CC(O)c2cn(C)cn2)n1. The summed E-state index contributed by atoms with van der Waals surface area (Å²) >= 11 is 0. The fourth-order valence-corrected chi connectivity index (χ4v) is 2.26. The lowest BCUT2D eigenvalue weighted by Gasteiger charge is -2.12. The molecule has 0 aliphatic heterocycles. The number of hydrogen-bond donors (Lipinski definition) is 1. The molecule has 0 aliphatic carbocycles. The number of imidazole rings is 1. The van der Waals surface area contributed by atoms with Gasteiger partial charge in [-0.25, -0.2) is 4.98 Å². The number of hydrogen-bond acceptors (Lipinski definition) is 3. The molecule has 19 heavy (non-hydrogen) atoms. The smallest absolute Gasteiger partial charge is 0.103 e. The quantitative estimate of drug-likeness (QED) is 0.868. The van der Waals surface area contributed by atoms with Crippen molar-refractivity contribution in [2.24, 2.45) is 7.05 Å². The molecule has 0 saturated heterocycles. The van der Waals surface area contributed by atoms with E-state index in [4.69, 9.17) is 0 Å². The highest BCUT2D eigenvalue weighted by molar-refractivity contribution is 5.08. The maximum absolute atomic E-state index is 10.1. The number of aromatic nitrogens is 4. The van der Waals surface area contributed by atoms with Gasteiger partial charge in [0.25, 0.3) is 0 Å². The van der Waals surface area contributed by atoms with Gasteiger partial charge >= 0.3 is 0 Å². The number of aliphatic hydroxyl groups is 1. The molecule has 2 rings (SSSR count). The summed E-state index contributed by atoms with van der Waals surface area (Å²) in [6.07, 6.45) is 7.58. The third-order valence-electron chi connectivity index (χ3n) is 3.45. The van der Waals surface area contributed by atoms with Crippen molar-refractivity contribution in [2.45, 2.75) is 45.3 Å². The molecule has 2 aromatic heterocycles. The fourth-order valence-electron chi connectivity index (χ4n) is 2.26. The number of aryl methyl sites for hydroxylation is 1. The average molecular weight is 262 g/mol. The van der Waals surface area contributed by atoms with Crippen LogP contribution in [0.15, 0.2) is 24.8 Å². The first kappa shape index (κ1) is 13.8. The van der Waals surface area contributed by atoms with Crippen molar-refractivity contribution >= 4 is 0 Å². The molecule has 0 aliphatic rings. The van der Waals surface area contributed by atoms with Gasteiger partial charge in [0.2, 0.25) is 0 Å². The first-order valence-corrected chi connectivity index (χ1v) is 6.84. The fraction of sp³-hybridized carbons (Fsp3) is 0.571. The minimum atomic E-state index is -0.591. The Hall–Kier alpha value is -1.62. The minimum Gasteiger partial charge on any atom is -0.386 e. The third kappa shape index (κ3) is 3.23. The van der Waals surface area contributed by atoms with Crippen LogP contribution in [-0.4, -0.2) is 24.4 Å². The molecule has 104 valence electrons. The van der Waals surface area contributed by atoms with Gasteiger partial charge in [-0.1, -0.05) is 13.8 Å². The summed E-state index contributed by atoms with van der Waals surface area (Å²) < 4.78 is 3.84. The lowest BCUT2D eigenvalue weighted by Crippen LogP contribution is -2.09. The van der Waals surface area contributed by atoms with Gasteiger partial charge in [-0.15, -0.1) is 0 Å². The molecule has 5 heteroatoms. The number of nitrogens with zero attached hydrogens (tertiary/aromatic N) is 4. The van der Waals surface area contributed by atoms with Crippen LogP contribution >= 0.6 is 0 Å². The van der Waals surface area contributed by atoms with Crippen LogP contribution < -0.4 is 0 Å². The van der Waals surface area contributed by atoms with E-state index in [1.807, 2.05) is 34.8 Å². The van der Waals surface area contributed by atoms with Crippen molar-refractivity contribution in [1.29, 1.82) is 0 Å². The van der Waals surface area contributed by atoms with Crippen molar-refractivity contribution in [3.8, 4) is 0 Å². The van der Waals surface area contributed by atoms with E-state index in [0.717, 1.165) is 18.5 Å². The summed E-state index contributed by atoms with van der Waals surface area (Å²) in [4.78, 5) is 4.16. The molecule has 2 heterocycles. The lowest BCUT2D eigenvalue weighted by molar-refractivity contribution is 0.172. The summed E-state index contributed by atoms with van der Waals surface area (Å²) in [5, 5.41) is 14.7. The minimum absolute atomic E-state index is 0.445. The molecular weight excluding hydrogens is 240 g/mol. The lowest BCUT2D eigenvalue weighted by atomic mass is 10.1. The van der Waals surface area contributed by atoms with Gasteiger partial charge in [0.1, 0.15) is 6.10 Å². The highest BCUT2D eigenvalue weighted by Crippen LogP contribution is 2.18. The second kappa shape index (κ2) is 6.02. The monoisotopic (exact) mass is 262 g/mol. The Kier molecular flexibility index (Phi) is 4.37. The standard InChI is InChI=1S/C14H22N4O/c1-4-12(5-2)18-7-6-11(16-18)8-14(19)13-9-17(3)10-15-13/h6-7,9-10,12,14,19H,4-5,8H2,1-3H3. The topological polar surface area (TPSA) is 55.9 Å². The molecule has 0 saturated carbocycles. The van der Waals surface area contributed by atoms with E-state index >= 15 is 0 Å². The van der Waals surface area contributed by atoms with E-state index < -0.39 is 6.10 Å². The molecule has 0 spiro atoms. The molecule has 0 fully saturated rings. The van der Waals surface area contributed by atoms with Crippen molar-refractivity contribution in [2.75, 3.05) is 0 Å². The van der Waals surface area contributed by atoms with Crippen molar-refractivity contribution in [3.63, 3.8) is 0 Å². The van der Waals surface area contributed by atoms with Crippen LogP contribution in [0.2, 0.25) is 0 Å². The first-order valence-electron chi connectivity index (χ1n) is 6.84. The van der Waals surface area contributed by atoms with Crippen molar-refractivity contribution in [3.05, 3.63) is 36.2 Å². The molecule has 1 unspecified atom stereocenters. The van der Waals surface area contributed by atoms with Crippen LogP contribution in [0.3, 0.4) is 0 Å². The van der Waals surface area contributed by atoms with E-state index in [9.17, 15) is 5.11 Å². The third-order valence-corrected chi connectivity index (χ3v) is 3.45. The van der Waals surface area contributed by atoms with Gasteiger partial charge in [-0.05, 0) is 18.9 Å². The maximum Gasteiger partial charge on any atom is 0.103 e. The largest absolute Gasteiger partial charge is 0.386 e. The first-order chi connectivity index (χ1) is 9.13. The Morgan fingerprint density at radius 1 is 1.32 bits per heavy atom. The molecule has 0 aromatic carbocycles. The van der Waals surface area contributed by atoms with E-state index in [0.29, 0.717) is 18.2 Å². The molecule has 0 amide bonds. The van der Waals surface area contributed by atoms with Gasteiger partial charge in [-0.3, -0.25) is 4.68 Å². The molecular formula is C14H22N4O. The summed E-state index contributed by atoms with van der Waals surface area (Å²) in [5.74, 6) is 0. The van der Waals surface area contributed by atoms with Gasteiger partial charge < -0.3 is 9.67 Å². The Morgan fingerprint density at radius 2 is 2.05 bits per heavy atom. The molecule has 1 N–H and O–H groups in total. The van der Waals surface area contributed by atoms with Crippen LogP contribution in [0.5, 0.6) is 0 Å². The zero-order valence-electron chi connectivity index (χ0n) is 11.8. The maximum atomic E-state index is 10.1. The highest BCUT2D eigenvalue weighted by Gasteiger charge is 2.14. The molecule has 5 nitrogen and oxygen atoms in total. The summed E-state index contributed by atoms with van der Waals surface area (Å²) in [6, 6.07) is 2.42. The van der Waals surface area contributed by atoms with Gasteiger partial charge in [0.15, 0.2) is 0 Å². The van der Waals surface area contributed by atoms with Crippen LogP contribution in [0, 0.1) is 0 Å². The zero-order chi connectivity index (χ0) is 13.8. The summed E-state index contributed by atoms with van der Waals surface area (Å²) in [5.41, 5.74) is 1.60. The van der Waals surface area contributed by atoms with Crippen LogP contribution in [0.25, 0.3) is 0 Å².